The number of aromatic nitrogens is 3. The molecule has 0 spiro atoms. The van der Waals surface area contributed by atoms with Crippen LogP contribution in [-0.2, 0) is 11.8 Å². The highest BCUT2D eigenvalue weighted by Crippen LogP contribution is 2.36. The maximum Gasteiger partial charge on any atom is 0.216 e. The van der Waals surface area contributed by atoms with Gasteiger partial charge in [-0.2, -0.15) is 0 Å². The molecule has 2 aromatic heterocycles. The number of pyridine rings is 1. The van der Waals surface area contributed by atoms with Crippen molar-refractivity contribution < 1.29 is 4.79 Å². The molecule has 1 aliphatic rings. The molecule has 128 valence electrons. The van der Waals surface area contributed by atoms with Crippen molar-refractivity contribution in [1.82, 2.24) is 19.9 Å². The Labute approximate surface area is 150 Å². The first kappa shape index (κ1) is 17.0. The zero-order valence-corrected chi connectivity index (χ0v) is 15.7. The first-order valence-electron chi connectivity index (χ1n) is 8.03. The minimum absolute atomic E-state index is 0.00634. The summed E-state index contributed by atoms with van der Waals surface area (Å²) in [5, 5.41) is 2.97. The molecule has 3 rings (SSSR count). The summed E-state index contributed by atoms with van der Waals surface area (Å²) in [7, 11) is 2.01. The fraction of sp³-hybridized carbons (Fsp3) is 0.471. The number of hydrogen-bond donors (Lipinski definition) is 1. The summed E-state index contributed by atoms with van der Waals surface area (Å²) >= 11 is 3.63. The molecular formula is C17H22BrN5O. The summed E-state index contributed by atoms with van der Waals surface area (Å²) in [5.41, 5.74) is 2.32. The molecule has 3 heterocycles. The molecule has 0 saturated carbocycles. The lowest BCUT2D eigenvalue weighted by molar-refractivity contribution is -0.119. The molecule has 0 aromatic carbocycles. The van der Waals surface area contributed by atoms with Crippen molar-refractivity contribution in [2.24, 2.45) is 13.0 Å². The Hall–Kier alpha value is -1.89. The SMILES string of the molecule is CC(=O)NC[C@@H]1CN(c2ncc(C)cc2Br)C[C@H]1c1cncn1C. The highest BCUT2D eigenvalue weighted by atomic mass is 79.9. The van der Waals surface area contributed by atoms with E-state index < -0.39 is 0 Å². The second-order valence-corrected chi connectivity index (χ2v) is 7.31. The van der Waals surface area contributed by atoms with E-state index in [1.165, 1.54) is 5.69 Å². The highest BCUT2D eigenvalue weighted by molar-refractivity contribution is 9.10. The quantitative estimate of drug-likeness (QED) is 0.867. The summed E-state index contributed by atoms with van der Waals surface area (Å²) in [6, 6.07) is 2.09. The predicted molar refractivity (Wildman–Crippen MR) is 97.0 cm³/mol. The van der Waals surface area contributed by atoms with Crippen LogP contribution in [0.5, 0.6) is 0 Å². The molecule has 1 fully saturated rings. The van der Waals surface area contributed by atoms with Gasteiger partial charge in [0.1, 0.15) is 5.82 Å². The van der Waals surface area contributed by atoms with Crippen molar-refractivity contribution in [1.29, 1.82) is 0 Å². The van der Waals surface area contributed by atoms with Gasteiger partial charge in [0.05, 0.1) is 10.8 Å². The molecular weight excluding hydrogens is 370 g/mol. The van der Waals surface area contributed by atoms with Crippen LogP contribution >= 0.6 is 15.9 Å². The van der Waals surface area contributed by atoms with Crippen LogP contribution in [0.25, 0.3) is 0 Å². The Morgan fingerprint density at radius 1 is 1.42 bits per heavy atom. The molecule has 2 atom stereocenters. The lowest BCUT2D eigenvalue weighted by Gasteiger charge is -2.19. The van der Waals surface area contributed by atoms with Gasteiger partial charge in [0.25, 0.3) is 0 Å². The third-order valence-corrected chi connectivity index (χ3v) is 5.13. The van der Waals surface area contributed by atoms with Gasteiger partial charge in [0, 0.05) is 63.5 Å². The van der Waals surface area contributed by atoms with Gasteiger partial charge in [-0.3, -0.25) is 4.79 Å². The average Bonchev–Trinajstić information content (AvgIpc) is 3.11. The van der Waals surface area contributed by atoms with Crippen LogP contribution < -0.4 is 10.2 Å². The lowest BCUT2D eigenvalue weighted by Crippen LogP contribution is -2.31. The van der Waals surface area contributed by atoms with Crippen LogP contribution in [-0.4, -0.2) is 40.1 Å². The molecule has 1 amide bonds. The summed E-state index contributed by atoms with van der Waals surface area (Å²) in [5.74, 6) is 1.59. The molecule has 0 unspecified atom stereocenters. The lowest BCUT2D eigenvalue weighted by atomic mass is 9.93. The maximum absolute atomic E-state index is 11.3. The maximum atomic E-state index is 11.3. The van der Waals surface area contributed by atoms with Crippen molar-refractivity contribution in [3.8, 4) is 0 Å². The number of hydrogen-bond acceptors (Lipinski definition) is 4. The molecule has 1 aliphatic heterocycles. The summed E-state index contributed by atoms with van der Waals surface area (Å²) in [6.07, 6.45) is 5.64. The van der Waals surface area contributed by atoms with Crippen molar-refractivity contribution in [3.05, 3.63) is 40.5 Å². The van der Waals surface area contributed by atoms with E-state index in [1.54, 1.807) is 6.92 Å². The van der Waals surface area contributed by atoms with Crippen LogP contribution in [0.4, 0.5) is 5.82 Å². The third-order valence-electron chi connectivity index (χ3n) is 4.55. The summed E-state index contributed by atoms with van der Waals surface area (Å²) < 4.78 is 3.07. The number of aryl methyl sites for hydroxylation is 2. The van der Waals surface area contributed by atoms with Gasteiger partial charge >= 0.3 is 0 Å². The number of nitrogens with one attached hydrogen (secondary N) is 1. The van der Waals surface area contributed by atoms with E-state index in [1.807, 2.05) is 32.7 Å². The van der Waals surface area contributed by atoms with E-state index in [9.17, 15) is 4.79 Å². The number of amides is 1. The van der Waals surface area contributed by atoms with Crippen LogP contribution in [0, 0.1) is 12.8 Å². The van der Waals surface area contributed by atoms with Crippen LogP contribution in [0.1, 0.15) is 24.1 Å². The topological polar surface area (TPSA) is 63.1 Å². The van der Waals surface area contributed by atoms with Gasteiger partial charge in [-0.05, 0) is 34.5 Å². The van der Waals surface area contributed by atoms with Crippen molar-refractivity contribution >= 4 is 27.7 Å². The first-order valence-corrected chi connectivity index (χ1v) is 8.82. The number of halogens is 1. The smallest absolute Gasteiger partial charge is 0.216 e. The molecule has 2 aromatic rings. The Balaban J connectivity index is 1.86. The first-order chi connectivity index (χ1) is 11.5. The van der Waals surface area contributed by atoms with Gasteiger partial charge in [-0.25, -0.2) is 9.97 Å². The molecule has 1 N–H and O–H groups in total. The second kappa shape index (κ2) is 6.93. The molecule has 0 aliphatic carbocycles. The molecule has 24 heavy (non-hydrogen) atoms. The van der Waals surface area contributed by atoms with E-state index in [-0.39, 0.29) is 5.91 Å². The van der Waals surface area contributed by atoms with Crippen molar-refractivity contribution in [2.75, 3.05) is 24.5 Å². The largest absolute Gasteiger partial charge is 0.356 e. The molecule has 7 heteroatoms. The monoisotopic (exact) mass is 391 g/mol. The predicted octanol–water partition coefficient (Wildman–Crippen LogP) is 2.24. The average molecular weight is 392 g/mol. The van der Waals surface area contributed by atoms with Crippen molar-refractivity contribution in [2.45, 2.75) is 19.8 Å². The minimum atomic E-state index is 0.00634. The second-order valence-electron chi connectivity index (χ2n) is 6.46. The number of nitrogens with zero attached hydrogens (tertiary/aromatic N) is 4. The van der Waals surface area contributed by atoms with E-state index in [0.29, 0.717) is 18.4 Å². The van der Waals surface area contributed by atoms with Crippen LogP contribution in [0.15, 0.2) is 29.3 Å². The molecule has 1 saturated heterocycles. The Morgan fingerprint density at radius 2 is 2.21 bits per heavy atom. The van der Waals surface area contributed by atoms with Gasteiger partial charge in [-0.1, -0.05) is 0 Å². The molecule has 6 nitrogen and oxygen atoms in total. The van der Waals surface area contributed by atoms with E-state index in [4.69, 9.17) is 0 Å². The fourth-order valence-corrected chi connectivity index (χ4v) is 4.06. The summed E-state index contributed by atoms with van der Waals surface area (Å²) in [4.78, 5) is 22.5. The van der Waals surface area contributed by atoms with Crippen molar-refractivity contribution in [3.63, 3.8) is 0 Å². The fourth-order valence-electron chi connectivity index (χ4n) is 3.34. The Morgan fingerprint density at radius 3 is 2.83 bits per heavy atom. The number of carbonyl (C=O) groups is 1. The number of carbonyl (C=O) groups excluding carboxylic acids is 1. The minimum Gasteiger partial charge on any atom is -0.356 e. The number of anilines is 1. The van der Waals surface area contributed by atoms with Crippen LogP contribution in [0.3, 0.4) is 0 Å². The van der Waals surface area contributed by atoms with Gasteiger partial charge in [0.15, 0.2) is 0 Å². The summed E-state index contributed by atoms with van der Waals surface area (Å²) in [6.45, 7) is 5.96. The van der Waals surface area contributed by atoms with E-state index in [0.717, 1.165) is 28.9 Å². The normalized spacial score (nSPS) is 20.4. The zero-order valence-electron chi connectivity index (χ0n) is 14.2. The standard InChI is InChI=1S/C17H22BrN5O/c1-11-4-15(18)17(21-5-11)23-8-13(6-20-12(2)24)14(9-23)16-7-19-10-22(16)3/h4-5,7,10,13-14H,6,8-9H2,1-3H3,(H,20,24)/t13-,14-/m1/s1. The Bertz CT molecular complexity index is 744. The highest BCUT2D eigenvalue weighted by Gasteiger charge is 2.36. The van der Waals surface area contributed by atoms with Gasteiger partial charge in [0.2, 0.25) is 5.91 Å². The van der Waals surface area contributed by atoms with Gasteiger partial charge < -0.3 is 14.8 Å². The molecule has 0 bridgehead atoms. The molecule has 0 radical (unpaired) electrons. The number of rotatable bonds is 4. The van der Waals surface area contributed by atoms with Gasteiger partial charge in [-0.15, -0.1) is 0 Å². The Kier molecular flexibility index (Phi) is 4.89. The number of imidazole rings is 1. The zero-order chi connectivity index (χ0) is 17.3. The van der Waals surface area contributed by atoms with Crippen LogP contribution in [0.2, 0.25) is 0 Å². The van der Waals surface area contributed by atoms with E-state index in [2.05, 4.69) is 46.7 Å². The third kappa shape index (κ3) is 3.45. The van der Waals surface area contributed by atoms with E-state index >= 15 is 0 Å².